The summed E-state index contributed by atoms with van der Waals surface area (Å²) in [7, 11) is 0. The van der Waals surface area contributed by atoms with E-state index in [2.05, 4.69) is 0 Å². The summed E-state index contributed by atoms with van der Waals surface area (Å²) in [4.78, 5) is 14.0. The van der Waals surface area contributed by atoms with Gasteiger partial charge in [-0.25, -0.2) is 4.39 Å². The number of nitrogens with zero attached hydrogens (tertiary/aromatic N) is 1. The van der Waals surface area contributed by atoms with Gasteiger partial charge in [0.1, 0.15) is 5.82 Å². The van der Waals surface area contributed by atoms with Crippen LogP contribution in [0.15, 0.2) is 18.2 Å². The Morgan fingerprint density at radius 3 is 2.80 bits per heavy atom. The molecule has 0 atom stereocenters. The van der Waals surface area contributed by atoms with Crippen LogP contribution in [0, 0.1) is 5.82 Å². The normalized spacial score (nSPS) is 21.4. The van der Waals surface area contributed by atoms with Crippen molar-refractivity contribution >= 4 is 17.5 Å². The molecule has 0 unspecified atom stereocenters. The average molecular weight is 300 g/mol. The van der Waals surface area contributed by atoms with Gasteiger partial charge in [0.2, 0.25) is 0 Å². The first kappa shape index (κ1) is 13.8. The number of hydrogen-bond donors (Lipinski definition) is 0. The van der Waals surface area contributed by atoms with E-state index < -0.39 is 17.5 Å². The maximum Gasteiger partial charge on any atom is 0.258 e. The molecule has 1 aromatic rings. The lowest BCUT2D eigenvalue weighted by atomic mass is 10.0. The van der Waals surface area contributed by atoms with Gasteiger partial charge in [-0.3, -0.25) is 4.79 Å². The summed E-state index contributed by atoms with van der Waals surface area (Å²) in [5, 5.41) is 0.128. The minimum absolute atomic E-state index is 0.0794. The van der Waals surface area contributed by atoms with E-state index in [0.29, 0.717) is 26.3 Å². The summed E-state index contributed by atoms with van der Waals surface area (Å²) in [6, 6.07) is 4.23. The van der Waals surface area contributed by atoms with E-state index >= 15 is 0 Å². The van der Waals surface area contributed by atoms with Crippen LogP contribution in [-0.4, -0.2) is 42.9 Å². The zero-order valence-electron chi connectivity index (χ0n) is 10.9. The fraction of sp³-hybridized carbons (Fsp3) is 0.500. The molecule has 1 aromatic carbocycles. The average Bonchev–Trinajstić information content (AvgIpc) is 2.86. The Morgan fingerprint density at radius 2 is 2.10 bits per heavy atom. The fourth-order valence-corrected chi connectivity index (χ4v) is 3.00. The van der Waals surface area contributed by atoms with Gasteiger partial charge in [0.15, 0.2) is 5.79 Å². The molecule has 108 valence electrons. The predicted molar refractivity (Wildman–Crippen MR) is 71.2 cm³/mol. The molecule has 0 radical (unpaired) electrons. The van der Waals surface area contributed by atoms with E-state index in [1.165, 1.54) is 18.2 Å². The molecule has 6 heteroatoms. The summed E-state index contributed by atoms with van der Waals surface area (Å²) in [6.07, 6.45) is 1.51. The largest absolute Gasteiger partial charge is 0.346 e. The first-order valence-electron chi connectivity index (χ1n) is 6.62. The number of piperidine rings is 1. The van der Waals surface area contributed by atoms with Crippen molar-refractivity contribution in [2.75, 3.05) is 26.3 Å². The maximum atomic E-state index is 13.8. The third-order valence-electron chi connectivity index (χ3n) is 3.69. The van der Waals surface area contributed by atoms with Gasteiger partial charge in [0, 0.05) is 13.0 Å². The number of carbonyl (C=O) groups is 1. The Hall–Kier alpha value is -1.17. The van der Waals surface area contributed by atoms with Gasteiger partial charge in [0.25, 0.3) is 5.91 Å². The topological polar surface area (TPSA) is 38.8 Å². The maximum absolute atomic E-state index is 13.8. The summed E-state index contributed by atoms with van der Waals surface area (Å²) >= 11 is 5.94. The molecule has 1 spiro atoms. The van der Waals surface area contributed by atoms with Crippen molar-refractivity contribution in [3.8, 4) is 0 Å². The Labute approximate surface area is 121 Å². The van der Waals surface area contributed by atoms with Crippen molar-refractivity contribution in [3.63, 3.8) is 0 Å². The van der Waals surface area contributed by atoms with Crippen LogP contribution in [0.25, 0.3) is 0 Å². The van der Waals surface area contributed by atoms with Crippen molar-refractivity contribution < 1.29 is 18.7 Å². The second kappa shape index (κ2) is 5.31. The van der Waals surface area contributed by atoms with Crippen LogP contribution in [0.4, 0.5) is 4.39 Å². The molecule has 2 aliphatic rings. The molecule has 2 heterocycles. The number of likely N-dealkylation sites (tertiary alicyclic amines) is 1. The summed E-state index contributed by atoms with van der Waals surface area (Å²) in [5.41, 5.74) is -0.0794. The highest BCUT2D eigenvalue weighted by Crippen LogP contribution is 2.31. The number of amides is 1. The van der Waals surface area contributed by atoms with Crippen molar-refractivity contribution in [2.24, 2.45) is 0 Å². The molecule has 0 N–H and O–H groups in total. The third kappa shape index (κ3) is 2.41. The molecule has 1 amide bonds. The molecule has 2 aliphatic heterocycles. The zero-order valence-corrected chi connectivity index (χ0v) is 11.7. The minimum atomic E-state index is -0.717. The van der Waals surface area contributed by atoms with E-state index in [9.17, 15) is 9.18 Å². The monoisotopic (exact) mass is 299 g/mol. The third-order valence-corrected chi connectivity index (χ3v) is 4.01. The standard InChI is InChI=1S/C14H15ClFNO3/c15-10-3-1-4-11(16)12(10)13(18)17-6-2-5-14(9-17)19-7-8-20-14/h1,3-4H,2,5-9H2. The zero-order chi connectivity index (χ0) is 14.2. The smallest absolute Gasteiger partial charge is 0.258 e. The second-order valence-corrected chi connectivity index (χ2v) is 5.44. The highest BCUT2D eigenvalue weighted by molar-refractivity contribution is 6.33. The molecule has 3 rings (SSSR count). The van der Waals surface area contributed by atoms with E-state index in [1.54, 1.807) is 4.90 Å². The van der Waals surface area contributed by atoms with E-state index in [-0.39, 0.29) is 10.6 Å². The number of benzene rings is 1. The van der Waals surface area contributed by atoms with Crippen molar-refractivity contribution in [1.82, 2.24) is 4.90 Å². The summed E-state index contributed by atoms with van der Waals surface area (Å²) in [6.45, 7) is 1.93. The van der Waals surface area contributed by atoms with Crippen LogP contribution in [0.1, 0.15) is 23.2 Å². The van der Waals surface area contributed by atoms with Gasteiger partial charge in [-0.2, -0.15) is 0 Å². The molecule has 0 aliphatic carbocycles. The van der Waals surface area contributed by atoms with E-state index in [0.717, 1.165) is 12.8 Å². The van der Waals surface area contributed by atoms with Crippen LogP contribution in [0.3, 0.4) is 0 Å². The Morgan fingerprint density at radius 1 is 1.35 bits per heavy atom. The highest BCUT2D eigenvalue weighted by Gasteiger charge is 2.42. The van der Waals surface area contributed by atoms with Gasteiger partial charge in [-0.1, -0.05) is 17.7 Å². The van der Waals surface area contributed by atoms with Gasteiger partial charge in [0.05, 0.1) is 30.3 Å². The Bertz CT molecular complexity index is 511. The molecular weight excluding hydrogens is 285 g/mol. The summed E-state index contributed by atoms with van der Waals surface area (Å²) < 4.78 is 25.1. The SMILES string of the molecule is O=C(c1c(F)cccc1Cl)N1CCCC2(C1)OCCO2. The van der Waals surface area contributed by atoms with Gasteiger partial charge in [-0.05, 0) is 18.6 Å². The van der Waals surface area contributed by atoms with E-state index in [4.69, 9.17) is 21.1 Å². The molecule has 0 aromatic heterocycles. The number of carbonyl (C=O) groups excluding carboxylic acids is 1. The van der Waals surface area contributed by atoms with Gasteiger partial charge < -0.3 is 14.4 Å². The van der Waals surface area contributed by atoms with Crippen LogP contribution in [0.2, 0.25) is 5.02 Å². The number of ether oxygens (including phenoxy) is 2. The molecule has 0 bridgehead atoms. The summed E-state index contributed by atoms with van der Waals surface area (Å²) in [5.74, 6) is -1.73. The first-order valence-corrected chi connectivity index (χ1v) is 7.00. The molecular formula is C14H15ClFNO3. The first-order chi connectivity index (χ1) is 9.61. The molecule has 2 fully saturated rings. The van der Waals surface area contributed by atoms with E-state index in [1.807, 2.05) is 0 Å². The fourth-order valence-electron chi connectivity index (χ4n) is 2.75. The lowest BCUT2D eigenvalue weighted by Gasteiger charge is -2.38. The molecule has 0 saturated carbocycles. The van der Waals surface area contributed by atoms with Crippen molar-refractivity contribution in [1.29, 1.82) is 0 Å². The van der Waals surface area contributed by atoms with Crippen LogP contribution in [-0.2, 0) is 9.47 Å². The molecule has 20 heavy (non-hydrogen) atoms. The van der Waals surface area contributed by atoms with Crippen molar-refractivity contribution in [2.45, 2.75) is 18.6 Å². The lowest BCUT2D eigenvalue weighted by Crippen LogP contribution is -2.51. The highest BCUT2D eigenvalue weighted by atomic mass is 35.5. The molecule has 4 nitrogen and oxygen atoms in total. The van der Waals surface area contributed by atoms with Crippen molar-refractivity contribution in [3.05, 3.63) is 34.6 Å². The quantitative estimate of drug-likeness (QED) is 0.799. The Kier molecular flexibility index (Phi) is 3.67. The second-order valence-electron chi connectivity index (χ2n) is 5.03. The minimum Gasteiger partial charge on any atom is -0.346 e. The van der Waals surface area contributed by atoms with Crippen LogP contribution in [0.5, 0.6) is 0 Å². The Balaban J connectivity index is 1.83. The van der Waals surface area contributed by atoms with Crippen LogP contribution < -0.4 is 0 Å². The number of halogens is 2. The number of hydrogen-bond acceptors (Lipinski definition) is 3. The lowest BCUT2D eigenvalue weighted by molar-refractivity contribution is -0.183. The van der Waals surface area contributed by atoms with Gasteiger partial charge >= 0.3 is 0 Å². The predicted octanol–water partition coefficient (Wildman–Crippen LogP) is 2.46. The number of rotatable bonds is 1. The van der Waals surface area contributed by atoms with Crippen LogP contribution >= 0.6 is 11.6 Å². The van der Waals surface area contributed by atoms with Gasteiger partial charge in [-0.15, -0.1) is 0 Å². The molecule has 2 saturated heterocycles.